The summed E-state index contributed by atoms with van der Waals surface area (Å²) in [6.45, 7) is 3.59. The Morgan fingerprint density at radius 3 is 3.15 bits per heavy atom. The SMILES string of the molecule is COc1ccnc(Nc2nc3c(s2)CCN(CC2COC2)c2[nH]ncc2-3)n1. The molecule has 0 saturated carbocycles. The van der Waals surface area contributed by atoms with Crippen molar-refractivity contribution in [1.29, 1.82) is 0 Å². The summed E-state index contributed by atoms with van der Waals surface area (Å²) in [4.78, 5) is 16.9. The minimum atomic E-state index is 0.470. The van der Waals surface area contributed by atoms with Crippen molar-refractivity contribution in [3.05, 3.63) is 23.3 Å². The molecule has 1 saturated heterocycles. The Hall–Kier alpha value is -2.72. The molecule has 0 spiro atoms. The van der Waals surface area contributed by atoms with Gasteiger partial charge in [-0.05, 0) is 0 Å². The highest BCUT2D eigenvalue weighted by atomic mass is 32.1. The third-order valence-corrected chi connectivity index (χ3v) is 5.77. The van der Waals surface area contributed by atoms with E-state index < -0.39 is 0 Å². The van der Waals surface area contributed by atoms with Crippen LogP contribution in [-0.2, 0) is 11.2 Å². The average Bonchev–Trinajstić information content (AvgIpc) is 3.25. The average molecular weight is 385 g/mol. The van der Waals surface area contributed by atoms with Gasteiger partial charge >= 0.3 is 0 Å². The van der Waals surface area contributed by atoms with Crippen LogP contribution >= 0.6 is 11.3 Å². The van der Waals surface area contributed by atoms with E-state index in [0.29, 0.717) is 17.7 Å². The summed E-state index contributed by atoms with van der Waals surface area (Å²) >= 11 is 1.63. The second kappa shape index (κ2) is 6.78. The number of hydrogen-bond acceptors (Lipinski definition) is 9. The zero-order chi connectivity index (χ0) is 18.2. The number of fused-ring (bicyclic) bond motifs is 3. The quantitative estimate of drug-likeness (QED) is 0.688. The zero-order valence-corrected chi connectivity index (χ0v) is 15.6. The fraction of sp³-hybridized carbons (Fsp3) is 0.412. The molecule has 1 fully saturated rings. The zero-order valence-electron chi connectivity index (χ0n) is 14.8. The lowest BCUT2D eigenvalue weighted by Crippen LogP contribution is -2.40. The standard InChI is InChI=1S/C17H19N7O2S/c1-25-13-2-4-18-16(20-13)22-17-21-14-11-6-19-23-15(11)24(5-3-12(14)27-17)7-10-8-26-9-10/h2,4,6,10H,3,5,7-9H2,1H3,(H,19,23)(H,18,20,21,22). The molecule has 0 atom stereocenters. The van der Waals surface area contributed by atoms with Crippen molar-refractivity contribution in [2.75, 3.05) is 43.6 Å². The molecule has 140 valence electrons. The van der Waals surface area contributed by atoms with E-state index in [1.54, 1.807) is 30.7 Å². The van der Waals surface area contributed by atoms with Gasteiger partial charge in [-0.1, -0.05) is 0 Å². The van der Waals surface area contributed by atoms with Gasteiger partial charge in [0.1, 0.15) is 5.82 Å². The molecule has 3 aromatic rings. The lowest BCUT2D eigenvalue weighted by molar-refractivity contribution is -0.0276. The maximum atomic E-state index is 5.32. The van der Waals surface area contributed by atoms with Crippen molar-refractivity contribution in [2.45, 2.75) is 6.42 Å². The van der Waals surface area contributed by atoms with Gasteiger partial charge in [0.15, 0.2) is 5.13 Å². The lowest BCUT2D eigenvalue weighted by atomic mass is 10.1. The first-order chi connectivity index (χ1) is 13.3. The van der Waals surface area contributed by atoms with E-state index in [0.717, 1.165) is 54.9 Å². The predicted octanol–water partition coefficient (Wildman–Crippen LogP) is 2.08. The summed E-state index contributed by atoms with van der Waals surface area (Å²) in [5, 5.41) is 11.4. The van der Waals surface area contributed by atoms with Gasteiger partial charge in [-0.3, -0.25) is 10.4 Å². The molecule has 2 aliphatic heterocycles. The highest BCUT2D eigenvalue weighted by Gasteiger charge is 2.29. The van der Waals surface area contributed by atoms with E-state index in [2.05, 4.69) is 30.4 Å². The summed E-state index contributed by atoms with van der Waals surface area (Å²) in [5.41, 5.74) is 2.01. The number of ether oxygens (including phenoxy) is 2. The second-order valence-corrected chi connectivity index (χ2v) is 7.65. The van der Waals surface area contributed by atoms with Crippen LogP contribution in [0.2, 0.25) is 0 Å². The third-order valence-electron chi connectivity index (χ3n) is 4.74. The Bertz CT molecular complexity index is 952. The fourth-order valence-corrected chi connectivity index (χ4v) is 4.28. The van der Waals surface area contributed by atoms with Gasteiger partial charge in [0.2, 0.25) is 11.8 Å². The molecule has 0 unspecified atom stereocenters. The first-order valence-corrected chi connectivity index (χ1v) is 9.62. The Labute approximate surface area is 159 Å². The van der Waals surface area contributed by atoms with Gasteiger partial charge < -0.3 is 14.4 Å². The van der Waals surface area contributed by atoms with E-state index in [-0.39, 0.29) is 0 Å². The first-order valence-electron chi connectivity index (χ1n) is 8.80. The Kier molecular flexibility index (Phi) is 4.13. The molecular formula is C17H19N7O2S. The van der Waals surface area contributed by atoms with E-state index in [4.69, 9.17) is 14.5 Å². The van der Waals surface area contributed by atoms with E-state index in [1.165, 1.54) is 4.88 Å². The highest BCUT2D eigenvalue weighted by Crippen LogP contribution is 2.39. The molecule has 0 amide bonds. The van der Waals surface area contributed by atoms with E-state index in [1.807, 2.05) is 6.20 Å². The lowest BCUT2D eigenvalue weighted by Gasteiger charge is -2.32. The Morgan fingerprint density at radius 2 is 2.33 bits per heavy atom. The van der Waals surface area contributed by atoms with Crippen molar-refractivity contribution in [3.8, 4) is 17.1 Å². The molecule has 0 aromatic carbocycles. The fourth-order valence-electron chi connectivity index (χ4n) is 3.32. The number of rotatable bonds is 5. The normalized spacial score (nSPS) is 16.3. The van der Waals surface area contributed by atoms with Crippen LogP contribution in [0.4, 0.5) is 16.9 Å². The number of nitrogens with one attached hydrogen (secondary N) is 2. The molecule has 0 aliphatic carbocycles. The topological polar surface area (TPSA) is 101 Å². The van der Waals surface area contributed by atoms with Gasteiger partial charge in [0.25, 0.3) is 0 Å². The van der Waals surface area contributed by atoms with Crippen molar-refractivity contribution >= 4 is 28.2 Å². The van der Waals surface area contributed by atoms with Crippen LogP contribution < -0.4 is 15.0 Å². The molecule has 5 heterocycles. The van der Waals surface area contributed by atoms with Crippen molar-refractivity contribution in [3.63, 3.8) is 0 Å². The van der Waals surface area contributed by atoms with Crippen LogP contribution in [0.1, 0.15) is 4.88 Å². The molecule has 3 aromatic heterocycles. The number of thiazole rings is 1. The molecular weight excluding hydrogens is 366 g/mol. The summed E-state index contributed by atoms with van der Waals surface area (Å²) in [5.74, 6) is 2.61. The molecule has 10 heteroatoms. The molecule has 0 bridgehead atoms. The molecule has 27 heavy (non-hydrogen) atoms. The van der Waals surface area contributed by atoms with Crippen LogP contribution in [-0.4, -0.2) is 58.6 Å². The van der Waals surface area contributed by atoms with Crippen LogP contribution in [0.3, 0.4) is 0 Å². The number of H-pyrrole nitrogens is 1. The summed E-state index contributed by atoms with van der Waals surface area (Å²) < 4.78 is 10.5. The molecule has 9 nitrogen and oxygen atoms in total. The number of aromatic amines is 1. The molecule has 2 aliphatic rings. The largest absolute Gasteiger partial charge is 0.481 e. The number of aromatic nitrogens is 5. The monoisotopic (exact) mass is 385 g/mol. The van der Waals surface area contributed by atoms with Gasteiger partial charge in [-0.25, -0.2) is 9.97 Å². The second-order valence-electron chi connectivity index (χ2n) is 6.57. The predicted molar refractivity (Wildman–Crippen MR) is 102 cm³/mol. The summed E-state index contributed by atoms with van der Waals surface area (Å²) in [7, 11) is 1.58. The Balaban J connectivity index is 1.42. The maximum absolute atomic E-state index is 5.32. The van der Waals surface area contributed by atoms with E-state index in [9.17, 15) is 0 Å². The van der Waals surface area contributed by atoms with Gasteiger partial charge in [-0.15, -0.1) is 11.3 Å². The first kappa shape index (κ1) is 16.5. The summed E-state index contributed by atoms with van der Waals surface area (Å²) in [6, 6.07) is 1.71. The van der Waals surface area contributed by atoms with E-state index >= 15 is 0 Å². The minimum absolute atomic E-state index is 0.470. The van der Waals surface area contributed by atoms with Crippen molar-refractivity contribution in [1.82, 2.24) is 25.1 Å². The van der Waals surface area contributed by atoms with Gasteiger partial charge in [0, 0.05) is 42.6 Å². The number of anilines is 3. The van der Waals surface area contributed by atoms with Crippen LogP contribution in [0.15, 0.2) is 18.5 Å². The van der Waals surface area contributed by atoms with Gasteiger partial charge in [0.05, 0.1) is 37.8 Å². The summed E-state index contributed by atoms with van der Waals surface area (Å²) in [6.07, 6.45) is 4.45. The molecule has 5 rings (SSSR count). The number of methoxy groups -OCH3 is 1. The number of hydrogen-bond donors (Lipinski definition) is 2. The number of nitrogens with zero attached hydrogens (tertiary/aromatic N) is 5. The maximum Gasteiger partial charge on any atom is 0.232 e. The Morgan fingerprint density at radius 1 is 1.41 bits per heavy atom. The van der Waals surface area contributed by atoms with Crippen LogP contribution in [0.25, 0.3) is 11.3 Å². The van der Waals surface area contributed by atoms with Crippen molar-refractivity contribution < 1.29 is 9.47 Å². The highest BCUT2D eigenvalue weighted by molar-refractivity contribution is 7.16. The van der Waals surface area contributed by atoms with Crippen molar-refractivity contribution in [2.24, 2.45) is 5.92 Å². The van der Waals surface area contributed by atoms with Gasteiger partial charge in [-0.2, -0.15) is 10.1 Å². The third kappa shape index (κ3) is 3.10. The smallest absolute Gasteiger partial charge is 0.232 e. The minimum Gasteiger partial charge on any atom is -0.481 e. The molecule has 0 radical (unpaired) electrons. The van der Waals surface area contributed by atoms with Crippen LogP contribution in [0, 0.1) is 5.92 Å². The van der Waals surface area contributed by atoms with Crippen LogP contribution in [0.5, 0.6) is 5.88 Å². The molecule has 2 N–H and O–H groups in total.